The van der Waals surface area contributed by atoms with Gasteiger partial charge in [0.05, 0.1) is 6.61 Å². The maximum absolute atomic E-state index is 6.03. The Morgan fingerprint density at radius 3 is 2.64 bits per heavy atom. The lowest BCUT2D eigenvalue weighted by molar-refractivity contribution is 0.205. The molecular formula is C22H30N2O. The van der Waals surface area contributed by atoms with Crippen molar-refractivity contribution in [3.05, 3.63) is 42.2 Å². The third-order valence-electron chi connectivity index (χ3n) is 5.57. The molecule has 25 heavy (non-hydrogen) atoms. The average Bonchev–Trinajstić information content (AvgIpc) is 3.11. The molecule has 3 heteroatoms. The molecule has 134 valence electrons. The van der Waals surface area contributed by atoms with Crippen molar-refractivity contribution < 1.29 is 4.74 Å². The summed E-state index contributed by atoms with van der Waals surface area (Å²) in [7, 11) is 0. The van der Waals surface area contributed by atoms with E-state index in [1.165, 1.54) is 81.5 Å². The van der Waals surface area contributed by atoms with Crippen molar-refractivity contribution in [1.29, 1.82) is 0 Å². The molecule has 1 aromatic heterocycles. The Morgan fingerprint density at radius 1 is 0.880 bits per heavy atom. The summed E-state index contributed by atoms with van der Waals surface area (Å²) in [6, 6.07) is 10.9. The summed E-state index contributed by atoms with van der Waals surface area (Å²) < 4.78 is 8.45. The SMILES string of the molecule is c1cc(OCCCN2CCCCC2)cc(-c2cc3n(c2)CCCC3)c1. The molecule has 3 heterocycles. The van der Waals surface area contributed by atoms with E-state index in [0.29, 0.717) is 0 Å². The Balaban J connectivity index is 1.32. The second-order valence-corrected chi connectivity index (χ2v) is 7.50. The highest BCUT2D eigenvalue weighted by atomic mass is 16.5. The van der Waals surface area contributed by atoms with Gasteiger partial charge in [-0.1, -0.05) is 18.6 Å². The second kappa shape index (κ2) is 8.09. The Hall–Kier alpha value is -1.74. The first kappa shape index (κ1) is 16.7. The topological polar surface area (TPSA) is 17.4 Å². The van der Waals surface area contributed by atoms with Crippen molar-refractivity contribution in [2.45, 2.75) is 51.5 Å². The van der Waals surface area contributed by atoms with Crippen LogP contribution in [0.5, 0.6) is 5.75 Å². The molecule has 0 spiro atoms. The van der Waals surface area contributed by atoms with E-state index in [9.17, 15) is 0 Å². The fraction of sp³-hybridized carbons (Fsp3) is 0.545. The Bertz CT molecular complexity index is 662. The van der Waals surface area contributed by atoms with E-state index >= 15 is 0 Å². The molecule has 0 N–H and O–H groups in total. The molecular weight excluding hydrogens is 308 g/mol. The van der Waals surface area contributed by atoms with Crippen molar-refractivity contribution in [1.82, 2.24) is 9.47 Å². The Kier molecular flexibility index (Phi) is 5.41. The van der Waals surface area contributed by atoms with Crippen molar-refractivity contribution in [2.24, 2.45) is 0 Å². The fourth-order valence-corrected chi connectivity index (χ4v) is 4.15. The largest absolute Gasteiger partial charge is 0.494 e. The van der Waals surface area contributed by atoms with Gasteiger partial charge in [-0.2, -0.15) is 0 Å². The fourth-order valence-electron chi connectivity index (χ4n) is 4.15. The molecule has 2 aliphatic rings. The Labute approximate surface area is 151 Å². The molecule has 1 saturated heterocycles. The smallest absolute Gasteiger partial charge is 0.119 e. The minimum atomic E-state index is 0.812. The van der Waals surface area contributed by atoms with Gasteiger partial charge < -0.3 is 14.2 Å². The molecule has 0 radical (unpaired) electrons. The van der Waals surface area contributed by atoms with E-state index in [-0.39, 0.29) is 0 Å². The van der Waals surface area contributed by atoms with Crippen LogP contribution in [0.15, 0.2) is 36.5 Å². The van der Waals surface area contributed by atoms with Crippen LogP contribution >= 0.6 is 0 Å². The first-order chi connectivity index (χ1) is 12.4. The highest BCUT2D eigenvalue weighted by Gasteiger charge is 2.12. The molecule has 2 aliphatic heterocycles. The van der Waals surface area contributed by atoms with Gasteiger partial charge in [-0.3, -0.25) is 0 Å². The molecule has 0 aliphatic carbocycles. The van der Waals surface area contributed by atoms with Gasteiger partial charge in [-0.15, -0.1) is 0 Å². The number of likely N-dealkylation sites (tertiary alicyclic amines) is 1. The molecule has 3 nitrogen and oxygen atoms in total. The van der Waals surface area contributed by atoms with E-state index < -0.39 is 0 Å². The summed E-state index contributed by atoms with van der Waals surface area (Å²) in [5, 5.41) is 0. The van der Waals surface area contributed by atoms with Gasteiger partial charge in [0.2, 0.25) is 0 Å². The summed E-state index contributed by atoms with van der Waals surface area (Å²) in [5.74, 6) is 1.00. The van der Waals surface area contributed by atoms with E-state index in [1.807, 2.05) is 0 Å². The van der Waals surface area contributed by atoms with E-state index in [1.54, 1.807) is 0 Å². The lowest BCUT2D eigenvalue weighted by atomic mass is 10.1. The summed E-state index contributed by atoms with van der Waals surface area (Å²) in [4.78, 5) is 2.58. The van der Waals surface area contributed by atoms with Gasteiger partial charge >= 0.3 is 0 Å². The standard InChI is InChI=1S/C22H30N2O/c1-3-11-23(12-4-1)13-7-15-25-22-10-6-8-19(17-22)20-16-21-9-2-5-14-24(21)18-20/h6,8,10,16-18H,1-5,7,9,11-15H2. The number of fused-ring (bicyclic) bond motifs is 1. The number of hydrogen-bond donors (Lipinski definition) is 0. The first-order valence-electron chi connectivity index (χ1n) is 10.0. The zero-order valence-corrected chi connectivity index (χ0v) is 15.3. The van der Waals surface area contributed by atoms with Crippen molar-refractivity contribution >= 4 is 0 Å². The predicted octanol–water partition coefficient (Wildman–Crippen LogP) is 4.75. The molecule has 0 atom stereocenters. The summed E-state index contributed by atoms with van der Waals surface area (Å²) >= 11 is 0. The molecule has 0 unspecified atom stereocenters. The normalized spacial score (nSPS) is 18.1. The summed E-state index contributed by atoms with van der Waals surface area (Å²) in [6.45, 7) is 5.70. The van der Waals surface area contributed by atoms with Crippen LogP contribution in [0.3, 0.4) is 0 Å². The third-order valence-corrected chi connectivity index (χ3v) is 5.57. The molecule has 1 aromatic carbocycles. The number of aryl methyl sites for hydroxylation is 2. The monoisotopic (exact) mass is 338 g/mol. The van der Waals surface area contributed by atoms with Gasteiger partial charge in [0.1, 0.15) is 5.75 Å². The van der Waals surface area contributed by atoms with Crippen LogP contribution in [0.25, 0.3) is 11.1 Å². The zero-order valence-electron chi connectivity index (χ0n) is 15.3. The summed E-state index contributed by atoms with van der Waals surface area (Å²) in [6.07, 6.45) is 11.4. The quantitative estimate of drug-likeness (QED) is 0.708. The number of hydrogen-bond acceptors (Lipinski definition) is 2. The third kappa shape index (κ3) is 4.27. The number of benzene rings is 1. The molecule has 4 rings (SSSR count). The number of nitrogens with zero attached hydrogens (tertiary/aromatic N) is 2. The number of rotatable bonds is 6. The molecule has 0 saturated carbocycles. The maximum atomic E-state index is 6.03. The highest BCUT2D eigenvalue weighted by molar-refractivity contribution is 5.65. The van der Waals surface area contributed by atoms with Gasteiger partial charge in [-0.05, 0) is 80.9 Å². The Morgan fingerprint density at radius 2 is 1.76 bits per heavy atom. The van der Waals surface area contributed by atoms with Crippen LogP contribution < -0.4 is 4.74 Å². The molecule has 0 amide bonds. The number of piperidine rings is 1. The van der Waals surface area contributed by atoms with Crippen molar-refractivity contribution in [3.8, 4) is 16.9 Å². The van der Waals surface area contributed by atoms with Crippen LogP contribution in [0.4, 0.5) is 0 Å². The predicted molar refractivity (Wildman–Crippen MR) is 103 cm³/mol. The van der Waals surface area contributed by atoms with Gasteiger partial charge in [0.25, 0.3) is 0 Å². The van der Waals surface area contributed by atoms with Crippen LogP contribution in [0.2, 0.25) is 0 Å². The molecule has 1 fully saturated rings. The lowest BCUT2D eigenvalue weighted by Gasteiger charge is -2.26. The highest BCUT2D eigenvalue weighted by Crippen LogP contribution is 2.28. The van der Waals surface area contributed by atoms with Crippen molar-refractivity contribution in [3.63, 3.8) is 0 Å². The maximum Gasteiger partial charge on any atom is 0.119 e. The number of ether oxygens (including phenoxy) is 1. The van der Waals surface area contributed by atoms with Crippen LogP contribution in [0, 0.1) is 0 Å². The van der Waals surface area contributed by atoms with Gasteiger partial charge in [0, 0.05) is 25.0 Å². The minimum Gasteiger partial charge on any atom is -0.494 e. The average molecular weight is 338 g/mol. The summed E-state index contributed by atoms with van der Waals surface area (Å²) in [5.41, 5.74) is 4.08. The minimum absolute atomic E-state index is 0.812. The van der Waals surface area contributed by atoms with E-state index in [2.05, 4.69) is 46.0 Å². The lowest BCUT2D eigenvalue weighted by Crippen LogP contribution is -2.31. The zero-order chi connectivity index (χ0) is 16.9. The number of aromatic nitrogens is 1. The van der Waals surface area contributed by atoms with E-state index in [4.69, 9.17) is 4.74 Å². The molecule has 0 bridgehead atoms. The molecule has 2 aromatic rings. The van der Waals surface area contributed by atoms with Crippen LogP contribution in [-0.2, 0) is 13.0 Å². The van der Waals surface area contributed by atoms with E-state index in [0.717, 1.165) is 18.8 Å². The van der Waals surface area contributed by atoms with Crippen molar-refractivity contribution in [2.75, 3.05) is 26.2 Å². The van der Waals surface area contributed by atoms with Crippen LogP contribution in [-0.4, -0.2) is 35.7 Å². The second-order valence-electron chi connectivity index (χ2n) is 7.50. The van der Waals surface area contributed by atoms with Gasteiger partial charge in [0.15, 0.2) is 0 Å². The van der Waals surface area contributed by atoms with Crippen LogP contribution in [0.1, 0.15) is 44.2 Å². The van der Waals surface area contributed by atoms with Gasteiger partial charge in [-0.25, -0.2) is 0 Å². The first-order valence-corrected chi connectivity index (χ1v) is 10.0.